The highest BCUT2D eigenvalue weighted by atomic mass is 32.1. The van der Waals surface area contributed by atoms with Gasteiger partial charge in [-0.05, 0) is 18.4 Å². The summed E-state index contributed by atoms with van der Waals surface area (Å²) in [6.07, 6.45) is 3.09. The van der Waals surface area contributed by atoms with Gasteiger partial charge in [-0.2, -0.15) is 17.7 Å². The van der Waals surface area contributed by atoms with E-state index in [4.69, 9.17) is 5.11 Å². The molecule has 0 amide bonds. The zero-order valence-corrected chi connectivity index (χ0v) is 9.16. The summed E-state index contributed by atoms with van der Waals surface area (Å²) in [6.45, 7) is 2.00. The van der Waals surface area contributed by atoms with Crippen LogP contribution in [0.3, 0.4) is 0 Å². The van der Waals surface area contributed by atoms with Crippen molar-refractivity contribution in [3.8, 4) is 0 Å². The van der Waals surface area contributed by atoms with E-state index in [0.29, 0.717) is 6.42 Å². The standard InChI is InChI=1S/C9H14N2O2S/c1-3-7-6(5-11(2)10-7)4-8(14)9(12)13/h5,8,14H,3-4H2,1-2H3,(H,12,13). The lowest BCUT2D eigenvalue weighted by atomic mass is 10.1. The molecule has 0 radical (unpaired) electrons. The molecule has 1 heterocycles. The summed E-state index contributed by atoms with van der Waals surface area (Å²) in [5, 5.41) is 12.3. The van der Waals surface area contributed by atoms with Crippen LogP contribution in [0.25, 0.3) is 0 Å². The molecule has 0 saturated heterocycles. The third kappa shape index (κ3) is 2.51. The molecule has 5 heteroatoms. The number of rotatable bonds is 4. The molecule has 0 bridgehead atoms. The number of carboxylic acid groups (broad SMARTS) is 1. The fourth-order valence-corrected chi connectivity index (χ4v) is 1.54. The van der Waals surface area contributed by atoms with Gasteiger partial charge >= 0.3 is 5.97 Å². The van der Waals surface area contributed by atoms with Crippen LogP contribution in [0.1, 0.15) is 18.2 Å². The van der Waals surface area contributed by atoms with Gasteiger partial charge < -0.3 is 5.11 Å². The molecule has 0 aromatic carbocycles. The summed E-state index contributed by atoms with van der Waals surface area (Å²) in [5.74, 6) is -0.890. The van der Waals surface area contributed by atoms with Crippen molar-refractivity contribution in [2.75, 3.05) is 0 Å². The van der Waals surface area contributed by atoms with Gasteiger partial charge in [-0.3, -0.25) is 9.48 Å². The number of nitrogens with zero attached hydrogens (tertiary/aromatic N) is 2. The Morgan fingerprint density at radius 2 is 2.43 bits per heavy atom. The highest BCUT2D eigenvalue weighted by molar-refractivity contribution is 7.81. The van der Waals surface area contributed by atoms with Crippen LogP contribution in [0, 0.1) is 0 Å². The molecule has 1 unspecified atom stereocenters. The fourth-order valence-electron chi connectivity index (χ4n) is 1.35. The van der Waals surface area contributed by atoms with Crippen LogP contribution in [0.4, 0.5) is 0 Å². The number of aliphatic carboxylic acids is 1. The Labute approximate surface area is 88.3 Å². The van der Waals surface area contributed by atoms with E-state index in [9.17, 15) is 4.79 Å². The van der Waals surface area contributed by atoms with Crippen LogP contribution in [0.2, 0.25) is 0 Å². The molecule has 4 nitrogen and oxygen atoms in total. The highest BCUT2D eigenvalue weighted by Crippen LogP contribution is 2.12. The number of thiol groups is 1. The van der Waals surface area contributed by atoms with E-state index in [1.807, 2.05) is 20.2 Å². The molecular weight excluding hydrogens is 200 g/mol. The summed E-state index contributed by atoms with van der Waals surface area (Å²) in [7, 11) is 1.83. The Morgan fingerprint density at radius 3 is 2.93 bits per heavy atom. The molecule has 0 fully saturated rings. The minimum atomic E-state index is -0.890. The lowest BCUT2D eigenvalue weighted by Crippen LogP contribution is -2.16. The minimum Gasteiger partial charge on any atom is -0.480 e. The van der Waals surface area contributed by atoms with Gasteiger partial charge in [0.05, 0.1) is 5.69 Å². The van der Waals surface area contributed by atoms with Gasteiger partial charge in [0.25, 0.3) is 0 Å². The van der Waals surface area contributed by atoms with E-state index < -0.39 is 11.2 Å². The van der Waals surface area contributed by atoms with Crippen molar-refractivity contribution in [1.29, 1.82) is 0 Å². The quantitative estimate of drug-likeness (QED) is 0.732. The maximum Gasteiger partial charge on any atom is 0.316 e. The maximum atomic E-state index is 10.6. The van der Waals surface area contributed by atoms with Gasteiger partial charge in [0.15, 0.2) is 0 Å². The Kier molecular flexibility index (Phi) is 3.57. The van der Waals surface area contributed by atoms with Crippen molar-refractivity contribution in [3.05, 3.63) is 17.5 Å². The van der Waals surface area contributed by atoms with Crippen molar-refractivity contribution in [1.82, 2.24) is 9.78 Å². The molecule has 1 atom stereocenters. The number of aryl methyl sites for hydroxylation is 2. The smallest absolute Gasteiger partial charge is 0.316 e. The first-order valence-corrected chi connectivity index (χ1v) is 4.98. The third-order valence-corrected chi connectivity index (χ3v) is 2.43. The Hall–Kier alpha value is -0.970. The van der Waals surface area contributed by atoms with Crippen LogP contribution in [0.5, 0.6) is 0 Å². The Balaban J connectivity index is 2.79. The first-order chi connectivity index (χ1) is 6.54. The molecule has 0 saturated carbocycles. The van der Waals surface area contributed by atoms with Crippen molar-refractivity contribution in [2.24, 2.45) is 7.05 Å². The lowest BCUT2D eigenvalue weighted by Gasteiger charge is -2.03. The van der Waals surface area contributed by atoms with Gasteiger partial charge in [0, 0.05) is 13.2 Å². The second-order valence-electron chi connectivity index (χ2n) is 3.19. The van der Waals surface area contributed by atoms with E-state index in [-0.39, 0.29) is 0 Å². The van der Waals surface area contributed by atoms with Crippen molar-refractivity contribution < 1.29 is 9.90 Å². The SMILES string of the molecule is CCc1nn(C)cc1CC(S)C(=O)O. The zero-order chi connectivity index (χ0) is 10.7. The van der Waals surface area contributed by atoms with Crippen molar-refractivity contribution in [3.63, 3.8) is 0 Å². The zero-order valence-electron chi connectivity index (χ0n) is 8.27. The third-order valence-electron chi connectivity index (χ3n) is 2.02. The summed E-state index contributed by atoms with van der Waals surface area (Å²) in [5.41, 5.74) is 1.92. The monoisotopic (exact) mass is 214 g/mol. The first kappa shape index (κ1) is 11.1. The number of aromatic nitrogens is 2. The van der Waals surface area contributed by atoms with Gasteiger partial charge in [0.2, 0.25) is 0 Å². The van der Waals surface area contributed by atoms with Crippen LogP contribution < -0.4 is 0 Å². The second-order valence-corrected chi connectivity index (χ2v) is 3.81. The van der Waals surface area contributed by atoms with Gasteiger partial charge in [-0.15, -0.1) is 0 Å². The molecule has 78 valence electrons. The predicted molar refractivity (Wildman–Crippen MR) is 56.7 cm³/mol. The molecule has 1 N–H and O–H groups in total. The minimum absolute atomic E-state index is 0.426. The lowest BCUT2D eigenvalue weighted by molar-refractivity contribution is -0.136. The largest absolute Gasteiger partial charge is 0.480 e. The highest BCUT2D eigenvalue weighted by Gasteiger charge is 2.16. The van der Waals surface area contributed by atoms with E-state index in [1.54, 1.807) is 4.68 Å². The second kappa shape index (κ2) is 4.50. The predicted octanol–water partition coefficient (Wildman–Crippen LogP) is 0.908. The molecule has 0 aliphatic heterocycles. The summed E-state index contributed by atoms with van der Waals surface area (Å²) < 4.78 is 1.70. The average Bonchev–Trinajstić information content (AvgIpc) is 2.45. The number of carboxylic acids is 1. The molecule has 0 aliphatic rings. The fraction of sp³-hybridized carbons (Fsp3) is 0.556. The van der Waals surface area contributed by atoms with E-state index in [1.165, 1.54) is 0 Å². The topological polar surface area (TPSA) is 55.1 Å². The first-order valence-electron chi connectivity index (χ1n) is 4.46. The van der Waals surface area contributed by atoms with E-state index in [2.05, 4.69) is 17.7 Å². The number of hydrogen-bond acceptors (Lipinski definition) is 3. The Morgan fingerprint density at radius 1 is 1.79 bits per heavy atom. The molecule has 0 spiro atoms. The molecule has 0 aliphatic carbocycles. The van der Waals surface area contributed by atoms with Crippen molar-refractivity contribution in [2.45, 2.75) is 25.0 Å². The average molecular weight is 214 g/mol. The van der Waals surface area contributed by atoms with E-state index >= 15 is 0 Å². The van der Waals surface area contributed by atoms with Gasteiger partial charge in [-0.1, -0.05) is 6.92 Å². The summed E-state index contributed by atoms with van der Waals surface area (Å²) >= 11 is 4.00. The maximum absolute atomic E-state index is 10.6. The van der Waals surface area contributed by atoms with Crippen molar-refractivity contribution >= 4 is 18.6 Å². The number of carbonyl (C=O) groups is 1. The molecule has 1 rings (SSSR count). The molecule has 1 aromatic heterocycles. The molecule has 14 heavy (non-hydrogen) atoms. The van der Waals surface area contributed by atoms with Crippen LogP contribution in [-0.2, 0) is 24.7 Å². The van der Waals surface area contributed by atoms with Gasteiger partial charge in [0.1, 0.15) is 5.25 Å². The molecular formula is C9H14N2O2S. The van der Waals surface area contributed by atoms with Crippen LogP contribution in [0.15, 0.2) is 6.20 Å². The van der Waals surface area contributed by atoms with E-state index in [0.717, 1.165) is 17.7 Å². The van der Waals surface area contributed by atoms with Crippen LogP contribution in [-0.4, -0.2) is 26.1 Å². The van der Waals surface area contributed by atoms with Crippen LogP contribution >= 0.6 is 12.6 Å². The number of hydrogen-bond donors (Lipinski definition) is 2. The normalized spacial score (nSPS) is 12.8. The Bertz CT molecular complexity index is 336. The van der Waals surface area contributed by atoms with Gasteiger partial charge in [-0.25, -0.2) is 0 Å². The summed E-state index contributed by atoms with van der Waals surface area (Å²) in [6, 6.07) is 0. The molecule has 1 aromatic rings. The summed E-state index contributed by atoms with van der Waals surface area (Å²) in [4.78, 5) is 10.6.